The van der Waals surface area contributed by atoms with E-state index in [0.717, 1.165) is 39.1 Å². The van der Waals surface area contributed by atoms with Crippen LogP contribution in [0.25, 0.3) is 0 Å². The van der Waals surface area contributed by atoms with Crippen LogP contribution in [-0.2, 0) is 4.74 Å². The van der Waals surface area contributed by atoms with Crippen LogP contribution in [0.5, 0.6) is 0 Å². The van der Waals surface area contributed by atoms with Crippen LogP contribution in [0.1, 0.15) is 37.0 Å². The van der Waals surface area contributed by atoms with E-state index in [1.165, 1.54) is 0 Å². The molecule has 0 radical (unpaired) electrons. The summed E-state index contributed by atoms with van der Waals surface area (Å²) in [5.74, 6) is 0.0463. The molecule has 0 unspecified atom stereocenters. The summed E-state index contributed by atoms with van der Waals surface area (Å²) in [5, 5.41) is 7.58. The summed E-state index contributed by atoms with van der Waals surface area (Å²) >= 11 is 0. The minimum absolute atomic E-state index is 0.0463. The largest absolute Gasteiger partial charge is 0.374 e. The van der Waals surface area contributed by atoms with Gasteiger partial charge in [0.15, 0.2) is 0 Å². The lowest BCUT2D eigenvalue weighted by Crippen LogP contribution is -2.48. The van der Waals surface area contributed by atoms with E-state index in [9.17, 15) is 4.79 Å². The van der Waals surface area contributed by atoms with Crippen molar-refractivity contribution in [3.8, 4) is 0 Å². The van der Waals surface area contributed by atoms with Crippen LogP contribution in [0.4, 0.5) is 0 Å². The number of ether oxygens (including phenoxy) is 1. The van der Waals surface area contributed by atoms with Gasteiger partial charge in [-0.25, -0.2) is 0 Å². The number of aromatic nitrogens is 2. The van der Waals surface area contributed by atoms with Gasteiger partial charge < -0.3 is 9.64 Å². The molecule has 0 aromatic carbocycles. The molecule has 2 aliphatic rings. The van der Waals surface area contributed by atoms with Gasteiger partial charge in [-0.15, -0.1) is 0 Å². The van der Waals surface area contributed by atoms with E-state index in [4.69, 9.17) is 4.74 Å². The smallest absolute Gasteiger partial charge is 0.255 e. The maximum Gasteiger partial charge on any atom is 0.255 e. The summed E-state index contributed by atoms with van der Waals surface area (Å²) in [4.78, 5) is 17.2. The Balaban J connectivity index is 1.84. The number of rotatable bonds is 4. The molecular formula is C16H24N4O2. The molecule has 0 spiro atoms. The van der Waals surface area contributed by atoms with Gasteiger partial charge in [0.2, 0.25) is 0 Å². The Morgan fingerprint density at radius 3 is 2.91 bits per heavy atom. The molecule has 6 nitrogen and oxygen atoms in total. The molecule has 22 heavy (non-hydrogen) atoms. The molecule has 0 aliphatic carbocycles. The highest BCUT2D eigenvalue weighted by Gasteiger charge is 2.47. The van der Waals surface area contributed by atoms with Gasteiger partial charge >= 0.3 is 0 Å². The molecule has 1 aromatic rings. The van der Waals surface area contributed by atoms with E-state index in [1.54, 1.807) is 18.5 Å². The summed E-state index contributed by atoms with van der Waals surface area (Å²) in [5.41, 5.74) is 0.611. The lowest BCUT2D eigenvalue weighted by molar-refractivity contribution is -0.0369. The van der Waals surface area contributed by atoms with Crippen LogP contribution >= 0.6 is 0 Å². The number of fused-ring (bicyclic) bond motifs is 1. The summed E-state index contributed by atoms with van der Waals surface area (Å²) in [6.07, 6.45) is 5.29. The molecule has 0 N–H and O–H groups in total. The third-order valence-electron chi connectivity index (χ3n) is 4.87. The third kappa shape index (κ3) is 2.73. The van der Waals surface area contributed by atoms with Crippen molar-refractivity contribution in [1.29, 1.82) is 0 Å². The van der Waals surface area contributed by atoms with Crippen molar-refractivity contribution >= 4 is 5.91 Å². The van der Waals surface area contributed by atoms with Gasteiger partial charge in [-0.1, -0.05) is 13.8 Å². The fourth-order valence-corrected chi connectivity index (χ4v) is 3.76. The molecule has 3 heterocycles. The van der Waals surface area contributed by atoms with Crippen molar-refractivity contribution in [2.24, 2.45) is 0 Å². The number of carbonyl (C=O) groups excluding carboxylic acids is 1. The van der Waals surface area contributed by atoms with Crippen LogP contribution in [0.3, 0.4) is 0 Å². The van der Waals surface area contributed by atoms with Crippen LogP contribution in [-0.4, -0.2) is 70.3 Å². The fraction of sp³-hybridized carbons (Fsp3) is 0.688. The Hall–Kier alpha value is -1.53. The predicted molar refractivity (Wildman–Crippen MR) is 82.5 cm³/mol. The van der Waals surface area contributed by atoms with Crippen molar-refractivity contribution < 1.29 is 9.53 Å². The summed E-state index contributed by atoms with van der Waals surface area (Å²) < 4.78 is 6.05. The Labute approximate surface area is 131 Å². The number of likely N-dealkylation sites (N-methyl/N-ethyl adjacent to an activating group) is 1. The van der Waals surface area contributed by atoms with Crippen LogP contribution in [0, 0.1) is 0 Å². The molecule has 3 rings (SSSR count). The summed E-state index contributed by atoms with van der Waals surface area (Å²) in [6.45, 7) is 7.83. The first-order chi connectivity index (χ1) is 10.8. The normalized spacial score (nSPS) is 28.0. The Morgan fingerprint density at radius 2 is 2.23 bits per heavy atom. The number of hydrogen-bond acceptors (Lipinski definition) is 5. The van der Waals surface area contributed by atoms with Gasteiger partial charge in [-0.05, 0) is 32.0 Å². The molecule has 1 aromatic heterocycles. The van der Waals surface area contributed by atoms with Crippen molar-refractivity contribution in [2.45, 2.75) is 44.9 Å². The number of carbonyl (C=O) groups is 1. The number of hydrogen-bond donors (Lipinski definition) is 0. The van der Waals surface area contributed by atoms with Crippen molar-refractivity contribution in [1.82, 2.24) is 20.0 Å². The van der Waals surface area contributed by atoms with Crippen LogP contribution in [0.15, 0.2) is 18.5 Å². The standard InChI is InChI=1S/C16H24N4O2/c1-3-19(4-2)14-11-20(13-6-5-9-22-15(13)14)16(21)12-7-8-17-18-10-12/h7-8,10,13-15H,3-6,9,11H2,1-2H3/t13-,14-,15+/m1/s1. The summed E-state index contributed by atoms with van der Waals surface area (Å²) in [6, 6.07) is 2.21. The summed E-state index contributed by atoms with van der Waals surface area (Å²) in [7, 11) is 0. The highest BCUT2D eigenvalue weighted by atomic mass is 16.5. The zero-order valence-corrected chi connectivity index (χ0v) is 13.3. The van der Waals surface area contributed by atoms with E-state index in [2.05, 4.69) is 28.9 Å². The molecular weight excluding hydrogens is 280 g/mol. The SMILES string of the molecule is CCN(CC)[C@@H]1CN(C(=O)c2ccnnc2)[C@@H]2CCCO[C@H]12. The maximum atomic E-state index is 12.8. The first-order valence-electron chi connectivity index (χ1n) is 8.19. The highest BCUT2D eigenvalue weighted by molar-refractivity contribution is 5.94. The second-order valence-electron chi connectivity index (χ2n) is 5.92. The lowest BCUT2D eigenvalue weighted by atomic mass is 10.00. The molecule has 6 heteroatoms. The molecule has 2 aliphatic heterocycles. The topological polar surface area (TPSA) is 58.6 Å². The minimum atomic E-state index is 0.0463. The fourth-order valence-electron chi connectivity index (χ4n) is 3.76. The van der Waals surface area contributed by atoms with Crippen molar-refractivity contribution in [3.05, 3.63) is 24.0 Å². The zero-order valence-electron chi connectivity index (χ0n) is 13.3. The molecule has 2 fully saturated rings. The Bertz CT molecular complexity index is 506. The van der Waals surface area contributed by atoms with E-state index >= 15 is 0 Å². The third-order valence-corrected chi connectivity index (χ3v) is 4.87. The van der Waals surface area contributed by atoms with Gasteiger partial charge in [0.05, 0.1) is 36.1 Å². The van der Waals surface area contributed by atoms with Crippen LogP contribution < -0.4 is 0 Å². The molecule has 0 saturated carbocycles. The van der Waals surface area contributed by atoms with Crippen molar-refractivity contribution in [2.75, 3.05) is 26.2 Å². The first-order valence-corrected chi connectivity index (χ1v) is 8.19. The molecule has 120 valence electrons. The molecule has 0 bridgehead atoms. The monoisotopic (exact) mass is 304 g/mol. The van der Waals surface area contributed by atoms with E-state index in [1.807, 2.05) is 4.90 Å². The van der Waals surface area contributed by atoms with Gasteiger partial charge in [0, 0.05) is 13.2 Å². The van der Waals surface area contributed by atoms with E-state index in [0.29, 0.717) is 11.6 Å². The minimum Gasteiger partial charge on any atom is -0.374 e. The number of nitrogens with zero attached hydrogens (tertiary/aromatic N) is 4. The van der Waals surface area contributed by atoms with E-state index < -0.39 is 0 Å². The van der Waals surface area contributed by atoms with Gasteiger partial charge in [0.25, 0.3) is 5.91 Å². The average Bonchev–Trinajstić information content (AvgIpc) is 2.96. The molecule has 2 saturated heterocycles. The van der Waals surface area contributed by atoms with Gasteiger partial charge in [-0.3, -0.25) is 9.69 Å². The maximum absolute atomic E-state index is 12.8. The Kier molecular flexibility index (Phi) is 4.69. The van der Waals surface area contributed by atoms with Gasteiger partial charge in [-0.2, -0.15) is 10.2 Å². The van der Waals surface area contributed by atoms with Crippen LogP contribution in [0.2, 0.25) is 0 Å². The molecule has 3 atom stereocenters. The quantitative estimate of drug-likeness (QED) is 0.836. The second-order valence-corrected chi connectivity index (χ2v) is 5.92. The number of likely N-dealkylation sites (tertiary alicyclic amines) is 1. The number of amides is 1. The Morgan fingerprint density at radius 1 is 1.41 bits per heavy atom. The second kappa shape index (κ2) is 6.71. The average molecular weight is 304 g/mol. The molecule has 1 amide bonds. The highest BCUT2D eigenvalue weighted by Crippen LogP contribution is 2.32. The first kappa shape index (κ1) is 15.4. The van der Waals surface area contributed by atoms with Gasteiger partial charge in [0.1, 0.15) is 0 Å². The zero-order chi connectivity index (χ0) is 15.5. The lowest BCUT2D eigenvalue weighted by Gasteiger charge is -2.34. The van der Waals surface area contributed by atoms with Crippen molar-refractivity contribution in [3.63, 3.8) is 0 Å². The van der Waals surface area contributed by atoms with E-state index in [-0.39, 0.29) is 18.1 Å². The predicted octanol–water partition coefficient (Wildman–Crippen LogP) is 1.19.